The maximum atomic E-state index is 12.7. The van der Waals surface area contributed by atoms with Gasteiger partial charge in [0.2, 0.25) is 0 Å². The zero-order valence-corrected chi connectivity index (χ0v) is 13.8. The molecule has 0 fully saturated rings. The SMILES string of the molecule is COc1cccc(OC)c1C(=O)NC(CCN)CC1=COOC=C1. The molecule has 0 bridgehead atoms. The topological polar surface area (TPSA) is 92.0 Å². The van der Waals surface area contributed by atoms with Crippen molar-refractivity contribution in [2.75, 3.05) is 20.8 Å². The van der Waals surface area contributed by atoms with Crippen molar-refractivity contribution in [1.82, 2.24) is 5.32 Å². The second-order valence-electron chi connectivity index (χ2n) is 5.18. The average molecular weight is 334 g/mol. The molecule has 3 N–H and O–H groups in total. The Morgan fingerprint density at radius 3 is 2.50 bits per heavy atom. The molecule has 7 heteroatoms. The second kappa shape index (κ2) is 8.83. The Kier molecular flexibility index (Phi) is 6.51. The number of nitrogens with two attached hydrogens (primary N) is 1. The number of rotatable bonds is 8. The van der Waals surface area contributed by atoms with E-state index >= 15 is 0 Å². The quantitative estimate of drug-likeness (QED) is 0.706. The molecule has 1 heterocycles. The van der Waals surface area contributed by atoms with Crippen LogP contribution in [0.3, 0.4) is 0 Å². The first-order chi connectivity index (χ1) is 11.7. The van der Waals surface area contributed by atoms with Crippen LogP contribution in [-0.2, 0) is 9.78 Å². The fourth-order valence-corrected chi connectivity index (χ4v) is 2.44. The number of amides is 1. The monoisotopic (exact) mass is 334 g/mol. The predicted molar refractivity (Wildman–Crippen MR) is 88.5 cm³/mol. The van der Waals surface area contributed by atoms with Crippen molar-refractivity contribution < 1.29 is 24.0 Å². The molecule has 0 spiro atoms. The Balaban J connectivity index is 2.15. The van der Waals surface area contributed by atoms with Crippen LogP contribution in [0.5, 0.6) is 11.5 Å². The van der Waals surface area contributed by atoms with Crippen LogP contribution in [0.2, 0.25) is 0 Å². The van der Waals surface area contributed by atoms with Crippen LogP contribution in [0, 0.1) is 0 Å². The van der Waals surface area contributed by atoms with Crippen LogP contribution in [0.4, 0.5) is 0 Å². The number of benzene rings is 1. The molecule has 0 radical (unpaired) electrons. The summed E-state index contributed by atoms with van der Waals surface area (Å²) in [6, 6.07) is 5.04. The third-order valence-corrected chi connectivity index (χ3v) is 3.58. The summed E-state index contributed by atoms with van der Waals surface area (Å²) in [6.45, 7) is 0.447. The fraction of sp³-hybridized carbons (Fsp3) is 0.353. The Morgan fingerprint density at radius 2 is 1.96 bits per heavy atom. The molecule has 1 unspecified atom stereocenters. The number of carbonyl (C=O) groups excluding carboxylic acids is 1. The Hall–Kier alpha value is -2.67. The van der Waals surface area contributed by atoms with Gasteiger partial charge in [0, 0.05) is 6.04 Å². The summed E-state index contributed by atoms with van der Waals surface area (Å²) in [5.41, 5.74) is 6.92. The van der Waals surface area contributed by atoms with Gasteiger partial charge in [0.25, 0.3) is 5.91 Å². The molecule has 24 heavy (non-hydrogen) atoms. The number of ether oxygens (including phenoxy) is 2. The molecule has 0 saturated carbocycles. The lowest BCUT2D eigenvalue weighted by Crippen LogP contribution is -2.37. The highest BCUT2D eigenvalue weighted by atomic mass is 17.2. The van der Waals surface area contributed by atoms with E-state index in [0.29, 0.717) is 36.4 Å². The van der Waals surface area contributed by atoms with E-state index < -0.39 is 0 Å². The largest absolute Gasteiger partial charge is 0.496 e. The van der Waals surface area contributed by atoms with E-state index in [4.69, 9.17) is 20.1 Å². The highest BCUT2D eigenvalue weighted by molar-refractivity contribution is 5.99. The lowest BCUT2D eigenvalue weighted by atomic mass is 10.0. The van der Waals surface area contributed by atoms with Crippen molar-refractivity contribution in [2.45, 2.75) is 18.9 Å². The summed E-state index contributed by atoms with van der Waals surface area (Å²) in [5, 5.41) is 2.98. The minimum atomic E-state index is -0.277. The van der Waals surface area contributed by atoms with Crippen molar-refractivity contribution in [2.24, 2.45) is 5.73 Å². The van der Waals surface area contributed by atoms with Gasteiger partial charge in [-0.3, -0.25) is 14.6 Å². The smallest absolute Gasteiger partial charge is 0.259 e. The normalized spacial score (nSPS) is 14.0. The van der Waals surface area contributed by atoms with Crippen molar-refractivity contribution in [3.8, 4) is 11.5 Å². The minimum Gasteiger partial charge on any atom is -0.496 e. The molecule has 2 rings (SSSR count). The van der Waals surface area contributed by atoms with E-state index in [2.05, 4.69) is 10.2 Å². The zero-order valence-electron chi connectivity index (χ0n) is 13.8. The number of nitrogens with one attached hydrogen (secondary N) is 1. The van der Waals surface area contributed by atoms with E-state index in [0.717, 1.165) is 5.57 Å². The van der Waals surface area contributed by atoms with Crippen molar-refractivity contribution >= 4 is 5.91 Å². The number of allylic oxidation sites excluding steroid dienone is 1. The Labute approximate surface area is 140 Å². The maximum absolute atomic E-state index is 12.7. The molecule has 7 nitrogen and oxygen atoms in total. The van der Waals surface area contributed by atoms with Crippen LogP contribution >= 0.6 is 0 Å². The Morgan fingerprint density at radius 1 is 1.25 bits per heavy atom. The third-order valence-electron chi connectivity index (χ3n) is 3.58. The van der Waals surface area contributed by atoms with E-state index in [1.165, 1.54) is 26.7 Å². The van der Waals surface area contributed by atoms with Gasteiger partial charge in [0.15, 0.2) is 0 Å². The van der Waals surface area contributed by atoms with Gasteiger partial charge in [-0.05, 0) is 43.2 Å². The van der Waals surface area contributed by atoms with Gasteiger partial charge >= 0.3 is 0 Å². The molecule has 1 aliphatic rings. The molecule has 1 atom stereocenters. The van der Waals surface area contributed by atoms with Crippen molar-refractivity contribution in [3.05, 3.63) is 47.9 Å². The number of carbonyl (C=O) groups is 1. The summed E-state index contributed by atoms with van der Waals surface area (Å²) in [7, 11) is 3.02. The maximum Gasteiger partial charge on any atom is 0.259 e. The standard InChI is InChI=1S/C17H22N2O5/c1-21-14-4-3-5-15(22-2)16(14)17(20)19-13(6-8-18)10-12-7-9-23-24-11-12/h3-5,7,9,11,13H,6,8,10,18H2,1-2H3,(H,19,20). The molecular weight excluding hydrogens is 312 g/mol. The van der Waals surface area contributed by atoms with Gasteiger partial charge in [0.1, 0.15) is 29.6 Å². The third kappa shape index (κ3) is 4.42. The van der Waals surface area contributed by atoms with Crippen LogP contribution < -0.4 is 20.5 Å². The van der Waals surface area contributed by atoms with Crippen molar-refractivity contribution in [1.29, 1.82) is 0 Å². The van der Waals surface area contributed by atoms with Crippen LogP contribution in [0.15, 0.2) is 42.4 Å². The van der Waals surface area contributed by atoms with Crippen LogP contribution in [0.1, 0.15) is 23.2 Å². The summed E-state index contributed by atoms with van der Waals surface area (Å²) in [6.07, 6.45) is 5.91. The zero-order chi connectivity index (χ0) is 17.4. The minimum absolute atomic E-state index is 0.158. The van der Waals surface area contributed by atoms with E-state index in [-0.39, 0.29) is 11.9 Å². The first kappa shape index (κ1) is 17.7. The number of methoxy groups -OCH3 is 2. The molecule has 0 aromatic heterocycles. The predicted octanol–water partition coefficient (Wildman–Crippen LogP) is 1.90. The van der Waals surface area contributed by atoms with Gasteiger partial charge in [-0.25, -0.2) is 0 Å². The molecular formula is C17H22N2O5. The molecule has 0 aliphatic carbocycles. The van der Waals surface area contributed by atoms with E-state index in [1.807, 2.05) is 0 Å². The summed E-state index contributed by atoms with van der Waals surface area (Å²) < 4.78 is 10.6. The van der Waals surface area contributed by atoms with Crippen LogP contribution in [-0.4, -0.2) is 32.7 Å². The highest BCUT2D eigenvalue weighted by Crippen LogP contribution is 2.28. The summed E-state index contributed by atoms with van der Waals surface area (Å²) in [4.78, 5) is 22.2. The molecule has 1 amide bonds. The van der Waals surface area contributed by atoms with Gasteiger partial charge in [0.05, 0.1) is 14.2 Å². The van der Waals surface area contributed by atoms with Crippen LogP contribution in [0.25, 0.3) is 0 Å². The highest BCUT2D eigenvalue weighted by Gasteiger charge is 2.21. The molecule has 1 aliphatic heterocycles. The van der Waals surface area contributed by atoms with Gasteiger partial charge in [-0.2, -0.15) is 0 Å². The number of hydrogen-bond acceptors (Lipinski definition) is 6. The first-order valence-corrected chi connectivity index (χ1v) is 7.59. The molecule has 1 aromatic rings. The van der Waals surface area contributed by atoms with Gasteiger partial charge < -0.3 is 20.5 Å². The lowest BCUT2D eigenvalue weighted by molar-refractivity contribution is -0.199. The average Bonchev–Trinajstić information content (AvgIpc) is 2.61. The fourth-order valence-electron chi connectivity index (χ4n) is 2.44. The van der Waals surface area contributed by atoms with Crippen molar-refractivity contribution in [3.63, 3.8) is 0 Å². The second-order valence-corrected chi connectivity index (χ2v) is 5.18. The van der Waals surface area contributed by atoms with Gasteiger partial charge in [-0.1, -0.05) is 6.07 Å². The van der Waals surface area contributed by atoms with E-state index in [1.54, 1.807) is 24.3 Å². The van der Waals surface area contributed by atoms with Gasteiger partial charge in [-0.15, -0.1) is 0 Å². The molecule has 0 saturated heterocycles. The first-order valence-electron chi connectivity index (χ1n) is 7.59. The van der Waals surface area contributed by atoms with E-state index in [9.17, 15) is 4.79 Å². The Bertz CT molecular complexity index is 605. The summed E-state index contributed by atoms with van der Waals surface area (Å²) in [5.74, 6) is 0.624. The summed E-state index contributed by atoms with van der Waals surface area (Å²) >= 11 is 0. The molecule has 130 valence electrons. The molecule has 1 aromatic carbocycles. The lowest BCUT2D eigenvalue weighted by Gasteiger charge is -2.21. The number of hydrogen-bond donors (Lipinski definition) is 2.